The quantitative estimate of drug-likeness (QED) is 0.756. The van der Waals surface area contributed by atoms with Crippen molar-refractivity contribution in [2.24, 2.45) is 0 Å². The van der Waals surface area contributed by atoms with Gasteiger partial charge >= 0.3 is 6.18 Å². The van der Waals surface area contributed by atoms with E-state index in [2.05, 4.69) is 22.9 Å². The maximum atomic E-state index is 12.8. The highest BCUT2D eigenvalue weighted by atomic mass is 19.4. The molecule has 0 N–H and O–H groups in total. The molecule has 1 aromatic heterocycles. The Labute approximate surface area is 173 Å². The van der Waals surface area contributed by atoms with Gasteiger partial charge in [0.2, 0.25) is 0 Å². The van der Waals surface area contributed by atoms with Crippen LogP contribution in [-0.4, -0.2) is 53.0 Å². The Kier molecular flexibility index (Phi) is 5.22. The van der Waals surface area contributed by atoms with Gasteiger partial charge < -0.3 is 9.64 Å². The van der Waals surface area contributed by atoms with Gasteiger partial charge in [0, 0.05) is 37.9 Å². The van der Waals surface area contributed by atoms with Crippen molar-refractivity contribution in [2.75, 3.05) is 20.2 Å². The number of fused-ring (bicyclic) bond motifs is 2. The normalized spacial score (nSPS) is 21.3. The van der Waals surface area contributed by atoms with E-state index in [1.807, 2.05) is 13.0 Å². The summed E-state index contributed by atoms with van der Waals surface area (Å²) >= 11 is 0. The number of carbonyl (C=O) groups is 1. The van der Waals surface area contributed by atoms with Crippen molar-refractivity contribution in [1.29, 1.82) is 0 Å². The number of nitrogens with zero attached hydrogens (tertiary/aromatic N) is 3. The summed E-state index contributed by atoms with van der Waals surface area (Å²) in [5.74, 6) is 0.576. The van der Waals surface area contributed by atoms with Gasteiger partial charge in [0.05, 0.1) is 12.7 Å². The molecule has 5 nitrogen and oxygen atoms in total. The molecule has 4 rings (SSSR count). The van der Waals surface area contributed by atoms with Crippen molar-refractivity contribution < 1.29 is 22.7 Å². The maximum absolute atomic E-state index is 12.8. The number of methoxy groups -OCH3 is 1. The van der Waals surface area contributed by atoms with E-state index in [-0.39, 0.29) is 23.7 Å². The molecular weight excluding hydrogens is 395 g/mol. The minimum atomic E-state index is -4.46. The molecule has 0 unspecified atom stereocenters. The lowest BCUT2D eigenvalue weighted by Gasteiger charge is -2.34. The number of aromatic nitrogens is 1. The van der Waals surface area contributed by atoms with E-state index in [0.29, 0.717) is 6.54 Å². The van der Waals surface area contributed by atoms with Gasteiger partial charge in [0.15, 0.2) is 0 Å². The molecule has 0 spiro atoms. The molecule has 2 atom stereocenters. The number of carbonyl (C=O) groups excluding carboxylic acids is 1. The fourth-order valence-electron chi connectivity index (χ4n) is 4.49. The Hall–Kier alpha value is -2.61. The predicted molar refractivity (Wildman–Crippen MR) is 105 cm³/mol. The van der Waals surface area contributed by atoms with Crippen LogP contribution in [-0.2, 0) is 12.7 Å². The van der Waals surface area contributed by atoms with E-state index in [1.165, 1.54) is 17.2 Å². The first-order chi connectivity index (χ1) is 14.2. The minimum Gasteiger partial charge on any atom is -0.496 e. The third kappa shape index (κ3) is 3.64. The first kappa shape index (κ1) is 20.7. The molecule has 2 aliphatic rings. The van der Waals surface area contributed by atoms with E-state index < -0.39 is 11.7 Å². The molecule has 2 aliphatic heterocycles. The molecule has 2 saturated heterocycles. The number of alkyl halides is 3. The molecule has 0 aliphatic carbocycles. The number of pyridine rings is 1. The molecule has 2 bridgehead atoms. The second-order valence-electron chi connectivity index (χ2n) is 8.04. The monoisotopic (exact) mass is 419 g/mol. The summed E-state index contributed by atoms with van der Waals surface area (Å²) in [6, 6.07) is 6.45. The first-order valence-corrected chi connectivity index (χ1v) is 9.90. The van der Waals surface area contributed by atoms with E-state index in [0.717, 1.165) is 43.1 Å². The van der Waals surface area contributed by atoms with Crippen LogP contribution in [0, 0.1) is 13.8 Å². The Morgan fingerprint density at radius 1 is 1.13 bits per heavy atom. The van der Waals surface area contributed by atoms with Gasteiger partial charge in [0.25, 0.3) is 5.91 Å². The zero-order chi connectivity index (χ0) is 21.6. The fourth-order valence-corrected chi connectivity index (χ4v) is 4.49. The standard InChI is InChI=1S/C22H24F3N3O2/c1-13-14(2)20(30-3)7-4-15(13)10-27-11-18-8-17(27)12-28(18)21(29)19-6-5-16(9-26-19)22(23,24)25/h4-7,9,17-18H,8,10-12H2,1-3H3/t17-,18-/m0/s1. The lowest BCUT2D eigenvalue weighted by molar-refractivity contribution is -0.137. The van der Waals surface area contributed by atoms with E-state index >= 15 is 0 Å². The van der Waals surface area contributed by atoms with Crippen LogP contribution < -0.4 is 4.74 Å². The highest BCUT2D eigenvalue weighted by Crippen LogP contribution is 2.34. The van der Waals surface area contributed by atoms with Gasteiger partial charge in [-0.1, -0.05) is 6.07 Å². The van der Waals surface area contributed by atoms with E-state index in [4.69, 9.17) is 4.74 Å². The molecule has 160 valence electrons. The van der Waals surface area contributed by atoms with Crippen molar-refractivity contribution in [3.05, 3.63) is 58.4 Å². The Bertz CT molecular complexity index is 959. The zero-order valence-electron chi connectivity index (χ0n) is 17.2. The lowest BCUT2D eigenvalue weighted by Crippen LogP contribution is -2.48. The number of amides is 1. The van der Waals surface area contributed by atoms with E-state index in [1.54, 1.807) is 12.0 Å². The molecule has 3 heterocycles. The number of benzene rings is 1. The summed E-state index contributed by atoms with van der Waals surface area (Å²) in [6.07, 6.45) is -2.86. The van der Waals surface area contributed by atoms with Crippen LogP contribution in [0.25, 0.3) is 0 Å². The van der Waals surface area contributed by atoms with Gasteiger partial charge in [-0.15, -0.1) is 0 Å². The number of likely N-dealkylation sites (tertiary alicyclic amines) is 2. The first-order valence-electron chi connectivity index (χ1n) is 9.90. The topological polar surface area (TPSA) is 45.7 Å². The van der Waals surface area contributed by atoms with Crippen molar-refractivity contribution in [1.82, 2.24) is 14.8 Å². The maximum Gasteiger partial charge on any atom is 0.417 e. The Balaban J connectivity index is 1.42. The van der Waals surface area contributed by atoms with Gasteiger partial charge in [-0.2, -0.15) is 13.2 Å². The molecule has 1 amide bonds. The van der Waals surface area contributed by atoms with Crippen LogP contribution in [0.1, 0.15) is 39.2 Å². The summed E-state index contributed by atoms with van der Waals surface area (Å²) in [6.45, 7) is 6.26. The molecule has 8 heteroatoms. The van der Waals surface area contributed by atoms with Crippen molar-refractivity contribution in [3.63, 3.8) is 0 Å². The number of ether oxygens (including phenoxy) is 1. The Morgan fingerprint density at radius 2 is 1.90 bits per heavy atom. The fraction of sp³-hybridized carbons (Fsp3) is 0.455. The molecule has 30 heavy (non-hydrogen) atoms. The van der Waals surface area contributed by atoms with Crippen LogP contribution in [0.2, 0.25) is 0 Å². The summed E-state index contributed by atoms with van der Waals surface area (Å²) in [5, 5.41) is 0. The van der Waals surface area contributed by atoms with Crippen LogP contribution in [0.5, 0.6) is 5.75 Å². The number of piperazine rings is 1. The summed E-state index contributed by atoms with van der Waals surface area (Å²) in [7, 11) is 1.66. The van der Waals surface area contributed by atoms with Gasteiger partial charge in [0.1, 0.15) is 11.4 Å². The number of rotatable bonds is 4. The summed E-state index contributed by atoms with van der Waals surface area (Å²) in [5.41, 5.74) is 2.79. The molecule has 0 radical (unpaired) electrons. The number of hydrogen-bond donors (Lipinski definition) is 0. The van der Waals surface area contributed by atoms with Crippen LogP contribution in [0.15, 0.2) is 30.5 Å². The predicted octanol–water partition coefficient (Wildman–Crippen LogP) is 3.82. The third-order valence-electron chi connectivity index (χ3n) is 6.37. The number of hydrogen-bond acceptors (Lipinski definition) is 4. The van der Waals surface area contributed by atoms with Crippen LogP contribution in [0.4, 0.5) is 13.2 Å². The average Bonchev–Trinajstić information content (AvgIpc) is 3.31. The average molecular weight is 419 g/mol. The van der Waals surface area contributed by atoms with Gasteiger partial charge in [-0.3, -0.25) is 14.7 Å². The number of halogens is 3. The van der Waals surface area contributed by atoms with Crippen LogP contribution >= 0.6 is 0 Å². The largest absolute Gasteiger partial charge is 0.496 e. The highest BCUT2D eigenvalue weighted by Gasteiger charge is 2.45. The van der Waals surface area contributed by atoms with Crippen molar-refractivity contribution in [3.8, 4) is 5.75 Å². The molecule has 2 fully saturated rings. The van der Waals surface area contributed by atoms with Crippen molar-refractivity contribution >= 4 is 5.91 Å². The van der Waals surface area contributed by atoms with E-state index in [9.17, 15) is 18.0 Å². The smallest absolute Gasteiger partial charge is 0.417 e. The molecule has 0 saturated carbocycles. The SMILES string of the molecule is COc1ccc(CN2C[C@@H]3C[C@H]2CN3C(=O)c2ccc(C(F)(F)F)cn2)c(C)c1C. The second kappa shape index (κ2) is 7.58. The third-order valence-corrected chi connectivity index (χ3v) is 6.37. The van der Waals surface area contributed by atoms with Gasteiger partial charge in [-0.05, 0) is 55.2 Å². The molecular formula is C22H24F3N3O2. The molecule has 1 aromatic carbocycles. The molecule has 2 aromatic rings. The zero-order valence-corrected chi connectivity index (χ0v) is 17.2. The summed E-state index contributed by atoms with van der Waals surface area (Å²) < 4.78 is 43.5. The second-order valence-corrected chi connectivity index (χ2v) is 8.04. The Morgan fingerprint density at radius 3 is 2.47 bits per heavy atom. The lowest BCUT2D eigenvalue weighted by atomic mass is 10.0. The van der Waals surface area contributed by atoms with Crippen molar-refractivity contribution in [2.45, 2.75) is 45.1 Å². The summed E-state index contributed by atoms with van der Waals surface area (Å²) in [4.78, 5) is 20.7. The highest BCUT2D eigenvalue weighted by molar-refractivity contribution is 5.93. The van der Waals surface area contributed by atoms with Crippen LogP contribution in [0.3, 0.4) is 0 Å². The minimum absolute atomic E-state index is 0.0590. The van der Waals surface area contributed by atoms with Gasteiger partial charge in [-0.25, -0.2) is 0 Å².